The number of anilines is 2. The minimum Gasteiger partial charge on any atom is -0.493 e. The SMILES string of the molecule is COc1cc2c(Nc3ccc(C)c(Cl)c3F)ncnc2cc1OC[C@@H]1C[C@@H]2CN(CC(C)C)C[C@@H]2C1. The number of hydrogen-bond donors (Lipinski definition) is 1. The highest BCUT2D eigenvalue weighted by Gasteiger charge is 2.41. The summed E-state index contributed by atoms with van der Waals surface area (Å²) in [7, 11) is 1.62. The van der Waals surface area contributed by atoms with E-state index in [4.69, 9.17) is 21.1 Å². The third-order valence-electron chi connectivity index (χ3n) is 7.47. The van der Waals surface area contributed by atoms with Crippen molar-refractivity contribution in [3.05, 3.63) is 47.0 Å². The van der Waals surface area contributed by atoms with Gasteiger partial charge in [0.25, 0.3) is 0 Å². The lowest BCUT2D eigenvalue weighted by atomic mass is 10.0. The van der Waals surface area contributed by atoms with Crippen LogP contribution in [0.2, 0.25) is 5.02 Å². The number of nitrogens with one attached hydrogen (secondary N) is 1. The molecule has 2 fully saturated rings. The number of halogens is 2. The zero-order valence-electron chi connectivity index (χ0n) is 21.4. The second-order valence-electron chi connectivity index (χ2n) is 10.7. The number of aryl methyl sites for hydroxylation is 1. The molecule has 6 nitrogen and oxygen atoms in total. The molecular weight excluding hydrogens is 479 g/mol. The van der Waals surface area contributed by atoms with E-state index in [1.54, 1.807) is 26.2 Å². The summed E-state index contributed by atoms with van der Waals surface area (Å²) in [5.74, 6) is 4.07. The van der Waals surface area contributed by atoms with Crippen molar-refractivity contribution in [1.82, 2.24) is 14.9 Å². The second-order valence-corrected chi connectivity index (χ2v) is 11.1. The van der Waals surface area contributed by atoms with Gasteiger partial charge < -0.3 is 19.7 Å². The molecule has 0 unspecified atom stereocenters. The molecule has 2 heterocycles. The van der Waals surface area contributed by atoms with Gasteiger partial charge in [0.1, 0.15) is 12.1 Å². The van der Waals surface area contributed by atoms with Crippen LogP contribution in [0.25, 0.3) is 10.9 Å². The van der Waals surface area contributed by atoms with E-state index in [-0.39, 0.29) is 10.7 Å². The van der Waals surface area contributed by atoms with Crippen molar-refractivity contribution in [2.75, 3.05) is 38.7 Å². The maximum Gasteiger partial charge on any atom is 0.165 e. The average molecular weight is 513 g/mol. The molecule has 1 aliphatic carbocycles. The molecule has 8 heteroatoms. The largest absolute Gasteiger partial charge is 0.493 e. The Morgan fingerprint density at radius 2 is 1.89 bits per heavy atom. The number of ether oxygens (including phenoxy) is 2. The fourth-order valence-electron chi connectivity index (χ4n) is 5.84. The Kier molecular flexibility index (Phi) is 7.22. The smallest absolute Gasteiger partial charge is 0.165 e. The molecule has 1 aromatic heterocycles. The number of fused-ring (bicyclic) bond motifs is 2. The molecule has 5 rings (SSSR count). The standard InChI is InChI=1S/C28H34ClFN4O2/c1-16(2)11-34-12-19-7-18(8-20(19)13-34)14-36-25-10-23-21(9-24(25)35-4)28(32-15-31-23)33-22-6-5-17(3)26(29)27(22)30/h5-6,9-10,15-16,18-20H,7-8,11-14H2,1-4H3,(H,31,32,33)/t18-,19-,20+. The first-order chi connectivity index (χ1) is 17.3. The van der Waals surface area contributed by atoms with Crippen molar-refractivity contribution >= 4 is 34.0 Å². The molecule has 1 saturated carbocycles. The molecule has 0 radical (unpaired) electrons. The summed E-state index contributed by atoms with van der Waals surface area (Å²) in [6.07, 6.45) is 3.89. The van der Waals surface area contributed by atoms with E-state index in [9.17, 15) is 4.39 Å². The van der Waals surface area contributed by atoms with Crippen LogP contribution in [0.4, 0.5) is 15.9 Å². The first-order valence-corrected chi connectivity index (χ1v) is 13.1. The summed E-state index contributed by atoms with van der Waals surface area (Å²) >= 11 is 6.10. The zero-order valence-corrected chi connectivity index (χ0v) is 22.1. The van der Waals surface area contributed by atoms with Crippen LogP contribution in [0.1, 0.15) is 32.3 Å². The maximum absolute atomic E-state index is 14.7. The normalized spacial score (nSPS) is 21.8. The van der Waals surface area contributed by atoms with Crippen LogP contribution in [0, 0.1) is 36.4 Å². The van der Waals surface area contributed by atoms with Gasteiger partial charge in [0.2, 0.25) is 0 Å². The van der Waals surface area contributed by atoms with Gasteiger partial charge in [-0.1, -0.05) is 31.5 Å². The quantitative estimate of drug-likeness (QED) is 0.373. The van der Waals surface area contributed by atoms with Gasteiger partial charge in [0, 0.05) is 31.1 Å². The maximum atomic E-state index is 14.7. The molecule has 1 saturated heterocycles. The highest BCUT2D eigenvalue weighted by atomic mass is 35.5. The predicted octanol–water partition coefficient (Wildman–Crippen LogP) is 6.48. The summed E-state index contributed by atoms with van der Waals surface area (Å²) in [5, 5.41) is 3.86. The van der Waals surface area contributed by atoms with Gasteiger partial charge in [-0.25, -0.2) is 14.4 Å². The van der Waals surface area contributed by atoms with E-state index in [1.807, 2.05) is 12.1 Å². The summed E-state index contributed by atoms with van der Waals surface area (Å²) in [6.45, 7) is 10.7. The van der Waals surface area contributed by atoms with Crippen LogP contribution in [-0.2, 0) is 0 Å². The van der Waals surface area contributed by atoms with Crippen molar-refractivity contribution in [1.29, 1.82) is 0 Å². The fraction of sp³-hybridized carbons (Fsp3) is 0.500. The molecule has 3 aromatic rings. The van der Waals surface area contributed by atoms with Crippen LogP contribution in [0.15, 0.2) is 30.6 Å². The number of hydrogen-bond acceptors (Lipinski definition) is 6. The topological polar surface area (TPSA) is 59.5 Å². The Labute approximate surface area is 217 Å². The molecule has 36 heavy (non-hydrogen) atoms. The third kappa shape index (κ3) is 5.09. The van der Waals surface area contributed by atoms with E-state index < -0.39 is 5.82 Å². The van der Waals surface area contributed by atoms with Crippen molar-refractivity contribution in [2.45, 2.75) is 33.6 Å². The molecule has 0 spiro atoms. The van der Waals surface area contributed by atoms with E-state index in [0.717, 1.165) is 17.8 Å². The number of methoxy groups -OCH3 is 1. The van der Waals surface area contributed by atoms with Crippen LogP contribution < -0.4 is 14.8 Å². The molecule has 192 valence electrons. The Hall–Kier alpha value is -2.64. The molecule has 2 aliphatic rings. The van der Waals surface area contributed by atoms with E-state index >= 15 is 0 Å². The van der Waals surface area contributed by atoms with Gasteiger partial charge in [-0.15, -0.1) is 0 Å². The molecule has 0 bridgehead atoms. The summed E-state index contributed by atoms with van der Waals surface area (Å²) in [6, 6.07) is 7.13. The number of benzene rings is 2. The van der Waals surface area contributed by atoms with E-state index in [1.165, 1.54) is 38.8 Å². The van der Waals surface area contributed by atoms with Crippen LogP contribution in [-0.4, -0.2) is 48.2 Å². The second kappa shape index (κ2) is 10.4. The Bertz CT molecular complexity index is 1240. The molecule has 2 aromatic carbocycles. The van der Waals surface area contributed by atoms with Crippen molar-refractivity contribution < 1.29 is 13.9 Å². The monoisotopic (exact) mass is 512 g/mol. The third-order valence-corrected chi connectivity index (χ3v) is 7.94. The average Bonchev–Trinajstić information content (AvgIpc) is 3.40. The lowest BCUT2D eigenvalue weighted by molar-refractivity contribution is 0.216. The van der Waals surface area contributed by atoms with Gasteiger partial charge >= 0.3 is 0 Å². The molecule has 3 atom stereocenters. The minimum atomic E-state index is -0.510. The summed E-state index contributed by atoms with van der Waals surface area (Å²) in [5.41, 5.74) is 1.62. The van der Waals surface area contributed by atoms with Crippen LogP contribution in [0.3, 0.4) is 0 Å². The van der Waals surface area contributed by atoms with Crippen molar-refractivity contribution in [2.24, 2.45) is 23.7 Å². The number of likely N-dealkylation sites (tertiary alicyclic amines) is 1. The lowest BCUT2D eigenvalue weighted by Gasteiger charge is -2.21. The highest BCUT2D eigenvalue weighted by Crippen LogP contribution is 2.43. The summed E-state index contributed by atoms with van der Waals surface area (Å²) < 4.78 is 26.6. The Balaban J connectivity index is 1.29. The molecule has 0 amide bonds. The first kappa shape index (κ1) is 25.0. The highest BCUT2D eigenvalue weighted by molar-refractivity contribution is 6.31. The number of rotatable bonds is 8. The number of nitrogens with zero attached hydrogens (tertiary/aromatic N) is 3. The van der Waals surface area contributed by atoms with Crippen LogP contribution in [0.5, 0.6) is 11.5 Å². The van der Waals surface area contributed by atoms with E-state index in [0.29, 0.717) is 46.3 Å². The molecule has 1 N–H and O–H groups in total. The van der Waals surface area contributed by atoms with Crippen molar-refractivity contribution in [3.8, 4) is 11.5 Å². The first-order valence-electron chi connectivity index (χ1n) is 12.7. The summed E-state index contributed by atoms with van der Waals surface area (Å²) in [4.78, 5) is 11.4. The number of aromatic nitrogens is 2. The van der Waals surface area contributed by atoms with E-state index in [2.05, 4.69) is 34.0 Å². The minimum absolute atomic E-state index is 0.0929. The lowest BCUT2D eigenvalue weighted by Crippen LogP contribution is -2.27. The fourth-order valence-corrected chi connectivity index (χ4v) is 6.00. The van der Waals surface area contributed by atoms with Crippen LogP contribution >= 0.6 is 11.6 Å². The Morgan fingerprint density at radius 3 is 2.58 bits per heavy atom. The molecular formula is C28H34ClFN4O2. The van der Waals surface area contributed by atoms with Gasteiger partial charge in [-0.05, 0) is 61.1 Å². The van der Waals surface area contributed by atoms with Gasteiger partial charge in [0.05, 0.1) is 29.9 Å². The van der Waals surface area contributed by atoms with Gasteiger partial charge in [-0.3, -0.25) is 0 Å². The predicted molar refractivity (Wildman–Crippen MR) is 142 cm³/mol. The van der Waals surface area contributed by atoms with Gasteiger partial charge in [0.15, 0.2) is 17.3 Å². The zero-order chi connectivity index (χ0) is 25.4. The Morgan fingerprint density at radius 1 is 1.14 bits per heavy atom. The van der Waals surface area contributed by atoms with Gasteiger partial charge in [-0.2, -0.15) is 0 Å². The molecule has 1 aliphatic heterocycles. The van der Waals surface area contributed by atoms with Crippen molar-refractivity contribution in [3.63, 3.8) is 0 Å².